The van der Waals surface area contributed by atoms with Crippen molar-refractivity contribution in [1.29, 1.82) is 0 Å². The highest BCUT2D eigenvalue weighted by atomic mass is 16.5. The maximum absolute atomic E-state index is 12.3. The molecule has 0 saturated heterocycles. The lowest BCUT2D eigenvalue weighted by atomic mass is 10.1. The molecule has 0 aliphatic heterocycles. The predicted molar refractivity (Wildman–Crippen MR) is 96.4 cm³/mol. The number of nitrogens with zero attached hydrogens (tertiary/aromatic N) is 3. The molecule has 128 valence electrons. The minimum atomic E-state index is -0.306. The molecule has 1 aromatic carbocycles. The quantitative estimate of drug-likeness (QED) is 0.775. The number of carbonyl (C=O) groups is 1. The van der Waals surface area contributed by atoms with Crippen molar-refractivity contribution in [2.75, 3.05) is 19.0 Å². The van der Waals surface area contributed by atoms with Crippen LogP contribution in [0.1, 0.15) is 21.7 Å². The van der Waals surface area contributed by atoms with Gasteiger partial charge in [0.05, 0.1) is 0 Å². The van der Waals surface area contributed by atoms with Crippen LogP contribution >= 0.6 is 0 Å². The molecule has 6 heteroatoms. The second-order valence-electron chi connectivity index (χ2n) is 6.01. The van der Waals surface area contributed by atoms with E-state index in [9.17, 15) is 4.79 Å². The summed E-state index contributed by atoms with van der Waals surface area (Å²) in [5.74, 6) is 0.700. The summed E-state index contributed by atoms with van der Waals surface area (Å²) in [5.41, 5.74) is 3.65. The van der Waals surface area contributed by atoms with E-state index in [1.165, 1.54) is 5.56 Å². The smallest absolute Gasteiger partial charge is 0.290 e. The summed E-state index contributed by atoms with van der Waals surface area (Å²) in [5, 5.41) is 6.83. The van der Waals surface area contributed by atoms with Gasteiger partial charge in [-0.15, -0.1) is 0 Å². The molecule has 1 N–H and O–H groups in total. The first-order chi connectivity index (χ1) is 12.0. The second kappa shape index (κ2) is 7.17. The minimum absolute atomic E-state index is 0.186. The third-order valence-electron chi connectivity index (χ3n) is 3.81. The fourth-order valence-electron chi connectivity index (χ4n) is 2.48. The lowest BCUT2D eigenvalue weighted by Gasteiger charge is -2.15. The van der Waals surface area contributed by atoms with Crippen molar-refractivity contribution in [2.45, 2.75) is 13.5 Å². The molecule has 6 nitrogen and oxygen atoms in total. The molecule has 0 radical (unpaired) electrons. The Labute approximate surface area is 146 Å². The molecule has 0 spiro atoms. The topological polar surface area (TPSA) is 71.3 Å². The lowest BCUT2D eigenvalue weighted by Crippen LogP contribution is -2.24. The SMILES string of the molecule is Cc1ccc(-c2cc(C(=O)NCc3cccnc3N(C)C)on2)cc1. The van der Waals surface area contributed by atoms with Crippen molar-refractivity contribution < 1.29 is 9.32 Å². The van der Waals surface area contributed by atoms with Gasteiger partial charge in [-0.2, -0.15) is 0 Å². The Balaban J connectivity index is 1.69. The van der Waals surface area contributed by atoms with Crippen molar-refractivity contribution in [2.24, 2.45) is 0 Å². The minimum Gasteiger partial charge on any atom is -0.362 e. The largest absolute Gasteiger partial charge is 0.362 e. The van der Waals surface area contributed by atoms with E-state index in [0.29, 0.717) is 12.2 Å². The van der Waals surface area contributed by atoms with E-state index < -0.39 is 0 Å². The van der Waals surface area contributed by atoms with Crippen LogP contribution in [0.4, 0.5) is 5.82 Å². The van der Waals surface area contributed by atoms with Crippen LogP contribution in [-0.2, 0) is 6.54 Å². The van der Waals surface area contributed by atoms with Crippen molar-refractivity contribution in [3.63, 3.8) is 0 Å². The predicted octanol–water partition coefficient (Wildman–Crippen LogP) is 3.04. The zero-order chi connectivity index (χ0) is 17.8. The molecule has 25 heavy (non-hydrogen) atoms. The van der Waals surface area contributed by atoms with Crippen LogP contribution in [0.25, 0.3) is 11.3 Å². The number of hydrogen-bond donors (Lipinski definition) is 1. The summed E-state index contributed by atoms with van der Waals surface area (Å²) in [6.45, 7) is 2.38. The normalized spacial score (nSPS) is 10.5. The highest BCUT2D eigenvalue weighted by Crippen LogP contribution is 2.20. The maximum atomic E-state index is 12.3. The molecule has 0 bridgehead atoms. The van der Waals surface area contributed by atoms with Gasteiger partial charge in [0.1, 0.15) is 11.5 Å². The Morgan fingerprint density at radius 2 is 1.96 bits per heavy atom. The summed E-state index contributed by atoms with van der Waals surface area (Å²) in [6.07, 6.45) is 1.73. The molecule has 2 aromatic heterocycles. The zero-order valence-electron chi connectivity index (χ0n) is 14.5. The Kier molecular flexibility index (Phi) is 4.79. The first-order valence-corrected chi connectivity index (χ1v) is 7.98. The standard InChI is InChI=1S/C19H20N4O2/c1-13-6-8-14(9-7-13)16-11-17(25-22-16)19(24)21-12-15-5-4-10-20-18(15)23(2)3/h4-11H,12H2,1-3H3,(H,21,24). The van der Waals surface area contributed by atoms with E-state index in [1.54, 1.807) is 12.3 Å². The molecule has 2 heterocycles. The van der Waals surface area contributed by atoms with Crippen molar-refractivity contribution >= 4 is 11.7 Å². The average molecular weight is 336 g/mol. The van der Waals surface area contributed by atoms with Gasteiger partial charge in [-0.1, -0.05) is 41.1 Å². The van der Waals surface area contributed by atoms with E-state index in [2.05, 4.69) is 15.5 Å². The summed E-state index contributed by atoms with van der Waals surface area (Å²) in [7, 11) is 3.83. The van der Waals surface area contributed by atoms with Crippen LogP contribution in [-0.4, -0.2) is 30.1 Å². The summed E-state index contributed by atoms with van der Waals surface area (Å²) >= 11 is 0. The molecule has 3 rings (SSSR count). The van der Waals surface area contributed by atoms with E-state index in [1.807, 2.05) is 62.3 Å². The van der Waals surface area contributed by atoms with Gasteiger partial charge in [-0.05, 0) is 13.0 Å². The molecule has 1 amide bonds. The number of anilines is 1. The van der Waals surface area contributed by atoms with E-state index in [0.717, 1.165) is 16.9 Å². The van der Waals surface area contributed by atoms with Crippen LogP contribution < -0.4 is 10.2 Å². The molecule has 0 aliphatic carbocycles. The number of aromatic nitrogens is 2. The first-order valence-electron chi connectivity index (χ1n) is 7.98. The third-order valence-corrected chi connectivity index (χ3v) is 3.81. The van der Waals surface area contributed by atoms with Crippen LogP contribution in [0.3, 0.4) is 0 Å². The average Bonchev–Trinajstić information content (AvgIpc) is 3.10. The number of nitrogens with one attached hydrogen (secondary N) is 1. The fraction of sp³-hybridized carbons (Fsp3) is 0.211. The van der Waals surface area contributed by atoms with Gasteiger partial charge in [0.2, 0.25) is 5.76 Å². The van der Waals surface area contributed by atoms with E-state index >= 15 is 0 Å². The molecule has 0 aliphatic rings. The van der Waals surface area contributed by atoms with Crippen LogP contribution in [0.15, 0.2) is 53.2 Å². The molecule has 0 saturated carbocycles. The van der Waals surface area contributed by atoms with Gasteiger partial charge < -0.3 is 14.7 Å². The van der Waals surface area contributed by atoms with Gasteiger partial charge in [0.25, 0.3) is 5.91 Å². The number of hydrogen-bond acceptors (Lipinski definition) is 5. The van der Waals surface area contributed by atoms with Crippen LogP contribution in [0.5, 0.6) is 0 Å². The Hall–Kier alpha value is -3.15. The fourth-order valence-corrected chi connectivity index (χ4v) is 2.48. The lowest BCUT2D eigenvalue weighted by molar-refractivity contribution is 0.0914. The van der Waals surface area contributed by atoms with Crippen molar-refractivity contribution in [3.05, 3.63) is 65.5 Å². The number of rotatable bonds is 5. The summed E-state index contributed by atoms with van der Waals surface area (Å²) < 4.78 is 5.19. The Bertz CT molecular complexity index is 869. The van der Waals surface area contributed by atoms with Crippen molar-refractivity contribution in [1.82, 2.24) is 15.5 Å². The van der Waals surface area contributed by atoms with Crippen molar-refractivity contribution in [3.8, 4) is 11.3 Å². The molecule has 3 aromatic rings. The highest BCUT2D eigenvalue weighted by Gasteiger charge is 2.15. The summed E-state index contributed by atoms with van der Waals surface area (Å²) in [4.78, 5) is 18.5. The van der Waals surface area contributed by atoms with E-state index in [4.69, 9.17) is 4.52 Å². The monoisotopic (exact) mass is 336 g/mol. The molecular formula is C19H20N4O2. The number of pyridine rings is 1. The first kappa shape index (κ1) is 16.7. The maximum Gasteiger partial charge on any atom is 0.290 e. The molecular weight excluding hydrogens is 316 g/mol. The van der Waals surface area contributed by atoms with Gasteiger partial charge in [0, 0.05) is 44.0 Å². The zero-order valence-corrected chi connectivity index (χ0v) is 14.5. The van der Waals surface area contributed by atoms with Gasteiger partial charge in [0.15, 0.2) is 0 Å². The molecule has 0 unspecified atom stereocenters. The Morgan fingerprint density at radius 1 is 1.20 bits per heavy atom. The van der Waals surface area contributed by atoms with Gasteiger partial charge in [-0.3, -0.25) is 4.79 Å². The number of amides is 1. The Morgan fingerprint density at radius 3 is 2.68 bits per heavy atom. The third kappa shape index (κ3) is 3.85. The highest BCUT2D eigenvalue weighted by molar-refractivity contribution is 5.92. The number of aryl methyl sites for hydroxylation is 1. The van der Waals surface area contributed by atoms with Crippen LogP contribution in [0.2, 0.25) is 0 Å². The molecule has 0 fully saturated rings. The molecule has 0 atom stereocenters. The van der Waals surface area contributed by atoms with Gasteiger partial charge >= 0.3 is 0 Å². The van der Waals surface area contributed by atoms with Crippen LogP contribution in [0, 0.1) is 6.92 Å². The summed E-state index contributed by atoms with van der Waals surface area (Å²) in [6, 6.07) is 13.3. The van der Waals surface area contributed by atoms with Gasteiger partial charge in [-0.25, -0.2) is 4.98 Å². The second-order valence-corrected chi connectivity index (χ2v) is 6.01. The van der Waals surface area contributed by atoms with E-state index in [-0.39, 0.29) is 11.7 Å². The number of carbonyl (C=O) groups excluding carboxylic acids is 1. The number of benzene rings is 1.